The number of pyridine rings is 1. The van der Waals surface area contributed by atoms with Crippen LogP contribution in [0.4, 0.5) is 0 Å². The van der Waals surface area contributed by atoms with Crippen LogP contribution in [0.2, 0.25) is 0 Å². The predicted octanol–water partition coefficient (Wildman–Crippen LogP) is 3.60. The molecule has 0 unspecified atom stereocenters. The van der Waals surface area contributed by atoms with Crippen molar-refractivity contribution < 1.29 is 4.79 Å². The van der Waals surface area contributed by atoms with E-state index in [-0.39, 0.29) is 5.91 Å². The van der Waals surface area contributed by atoms with Crippen LogP contribution in [-0.4, -0.2) is 28.9 Å². The topological polar surface area (TPSA) is 33.2 Å². The van der Waals surface area contributed by atoms with Gasteiger partial charge in [-0.05, 0) is 43.0 Å². The van der Waals surface area contributed by atoms with Crippen molar-refractivity contribution in [3.63, 3.8) is 0 Å². The second-order valence-corrected chi connectivity index (χ2v) is 6.10. The van der Waals surface area contributed by atoms with Gasteiger partial charge < -0.3 is 4.90 Å². The molecule has 1 aromatic heterocycles. The molecule has 23 heavy (non-hydrogen) atoms. The van der Waals surface area contributed by atoms with E-state index in [4.69, 9.17) is 6.42 Å². The molecule has 0 bridgehead atoms. The molecular weight excluding hydrogens is 284 g/mol. The van der Waals surface area contributed by atoms with E-state index in [9.17, 15) is 4.79 Å². The van der Waals surface area contributed by atoms with E-state index in [1.165, 1.54) is 0 Å². The number of piperidine rings is 1. The van der Waals surface area contributed by atoms with Crippen molar-refractivity contribution in [2.45, 2.75) is 19.8 Å². The highest BCUT2D eigenvalue weighted by Crippen LogP contribution is 2.20. The van der Waals surface area contributed by atoms with Gasteiger partial charge in [0.2, 0.25) is 0 Å². The van der Waals surface area contributed by atoms with Crippen LogP contribution in [0.25, 0.3) is 11.3 Å². The fourth-order valence-electron chi connectivity index (χ4n) is 2.83. The lowest BCUT2D eigenvalue weighted by atomic mass is 9.99. The van der Waals surface area contributed by atoms with E-state index in [1.54, 1.807) is 6.07 Å². The first kappa shape index (κ1) is 15.3. The standard InChI is InChI=1S/C20H20N2O/c1-3-16-7-9-17(10-8-16)18-5-4-6-19(21-18)20(23)22-13-11-15(2)12-14-22/h1,4-10,15H,11-14H2,2H3. The number of likely N-dealkylation sites (tertiary alicyclic amines) is 1. The van der Waals surface area contributed by atoms with Crippen LogP contribution >= 0.6 is 0 Å². The number of carbonyl (C=O) groups is 1. The first-order chi connectivity index (χ1) is 11.2. The fraction of sp³-hybridized carbons (Fsp3) is 0.300. The lowest BCUT2D eigenvalue weighted by molar-refractivity contribution is 0.0691. The number of carbonyl (C=O) groups excluding carboxylic acids is 1. The van der Waals surface area contributed by atoms with Gasteiger partial charge in [-0.25, -0.2) is 4.98 Å². The molecule has 3 heteroatoms. The van der Waals surface area contributed by atoms with Gasteiger partial charge in [-0.15, -0.1) is 6.42 Å². The summed E-state index contributed by atoms with van der Waals surface area (Å²) in [5.74, 6) is 3.33. The van der Waals surface area contributed by atoms with Crippen molar-refractivity contribution in [2.75, 3.05) is 13.1 Å². The van der Waals surface area contributed by atoms with Gasteiger partial charge in [0.15, 0.2) is 0 Å². The van der Waals surface area contributed by atoms with Crippen LogP contribution in [0.3, 0.4) is 0 Å². The van der Waals surface area contributed by atoms with Crippen molar-refractivity contribution in [2.24, 2.45) is 5.92 Å². The largest absolute Gasteiger partial charge is 0.337 e. The molecule has 3 nitrogen and oxygen atoms in total. The third-order valence-electron chi connectivity index (χ3n) is 4.39. The van der Waals surface area contributed by atoms with Gasteiger partial charge in [0, 0.05) is 24.2 Å². The molecule has 1 amide bonds. The molecular formula is C20H20N2O. The van der Waals surface area contributed by atoms with E-state index < -0.39 is 0 Å². The van der Waals surface area contributed by atoms with Crippen molar-refractivity contribution in [3.8, 4) is 23.6 Å². The highest BCUT2D eigenvalue weighted by molar-refractivity contribution is 5.93. The zero-order chi connectivity index (χ0) is 16.2. The van der Waals surface area contributed by atoms with Crippen LogP contribution in [-0.2, 0) is 0 Å². The van der Waals surface area contributed by atoms with Crippen LogP contribution < -0.4 is 0 Å². The summed E-state index contributed by atoms with van der Waals surface area (Å²) in [4.78, 5) is 19.1. The number of amides is 1. The Balaban J connectivity index is 1.81. The molecule has 0 atom stereocenters. The predicted molar refractivity (Wildman–Crippen MR) is 91.9 cm³/mol. The van der Waals surface area contributed by atoms with Crippen molar-refractivity contribution in [1.82, 2.24) is 9.88 Å². The average Bonchev–Trinajstić information content (AvgIpc) is 2.62. The number of benzene rings is 1. The molecule has 0 saturated carbocycles. The third-order valence-corrected chi connectivity index (χ3v) is 4.39. The number of hydrogen-bond acceptors (Lipinski definition) is 2. The maximum absolute atomic E-state index is 12.6. The number of terminal acetylenes is 1. The highest BCUT2D eigenvalue weighted by Gasteiger charge is 2.22. The summed E-state index contributed by atoms with van der Waals surface area (Å²) < 4.78 is 0. The van der Waals surface area contributed by atoms with E-state index >= 15 is 0 Å². The molecule has 1 aromatic carbocycles. The van der Waals surface area contributed by atoms with E-state index in [2.05, 4.69) is 17.8 Å². The average molecular weight is 304 g/mol. The van der Waals surface area contributed by atoms with E-state index in [0.717, 1.165) is 42.8 Å². The molecule has 2 aromatic rings. The zero-order valence-corrected chi connectivity index (χ0v) is 13.3. The normalized spacial score (nSPS) is 15.2. The van der Waals surface area contributed by atoms with Crippen molar-refractivity contribution in [3.05, 3.63) is 53.7 Å². The number of aromatic nitrogens is 1. The van der Waals surface area contributed by atoms with Gasteiger partial charge in [-0.1, -0.05) is 31.0 Å². The Morgan fingerprint density at radius 1 is 1.17 bits per heavy atom. The minimum atomic E-state index is 0.0268. The molecule has 1 aliphatic rings. The first-order valence-electron chi connectivity index (χ1n) is 8.01. The second-order valence-electron chi connectivity index (χ2n) is 6.10. The highest BCUT2D eigenvalue weighted by atomic mass is 16.2. The van der Waals surface area contributed by atoms with Crippen molar-refractivity contribution in [1.29, 1.82) is 0 Å². The SMILES string of the molecule is C#Cc1ccc(-c2cccc(C(=O)N3CCC(C)CC3)n2)cc1. The summed E-state index contributed by atoms with van der Waals surface area (Å²) in [5, 5.41) is 0. The molecule has 0 radical (unpaired) electrons. The Labute approximate surface area is 137 Å². The Morgan fingerprint density at radius 2 is 1.87 bits per heavy atom. The van der Waals surface area contributed by atoms with Gasteiger partial charge in [-0.2, -0.15) is 0 Å². The molecule has 116 valence electrons. The van der Waals surface area contributed by atoms with Gasteiger partial charge in [0.25, 0.3) is 5.91 Å². The van der Waals surface area contributed by atoms with Gasteiger partial charge in [0.1, 0.15) is 5.69 Å². The zero-order valence-electron chi connectivity index (χ0n) is 13.3. The Hall–Kier alpha value is -2.60. The minimum Gasteiger partial charge on any atom is -0.337 e. The summed E-state index contributed by atoms with van der Waals surface area (Å²) in [6.45, 7) is 3.88. The molecule has 1 saturated heterocycles. The van der Waals surface area contributed by atoms with Crippen LogP contribution in [0, 0.1) is 18.3 Å². The van der Waals surface area contributed by atoms with Crippen LogP contribution in [0.15, 0.2) is 42.5 Å². The number of rotatable bonds is 2. The second kappa shape index (κ2) is 6.66. The van der Waals surface area contributed by atoms with Gasteiger partial charge in [-0.3, -0.25) is 4.79 Å². The quantitative estimate of drug-likeness (QED) is 0.794. The Morgan fingerprint density at radius 3 is 2.52 bits per heavy atom. The van der Waals surface area contributed by atoms with Gasteiger partial charge in [0.05, 0.1) is 5.69 Å². The number of hydrogen-bond donors (Lipinski definition) is 0. The van der Waals surface area contributed by atoms with Crippen molar-refractivity contribution >= 4 is 5.91 Å². The van der Waals surface area contributed by atoms with Gasteiger partial charge >= 0.3 is 0 Å². The summed E-state index contributed by atoms with van der Waals surface area (Å²) in [6.07, 6.45) is 7.52. The molecule has 0 N–H and O–H groups in total. The van der Waals surface area contributed by atoms with E-state index in [1.807, 2.05) is 41.3 Å². The fourth-order valence-corrected chi connectivity index (χ4v) is 2.83. The smallest absolute Gasteiger partial charge is 0.272 e. The summed E-state index contributed by atoms with van der Waals surface area (Å²) >= 11 is 0. The maximum Gasteiger partial charge on any atom is 0.272 e. The third kappa shape index (κ3) is 3.43. The summed E-state index contributed by atoms with van der Waals surface area (Å²) in [6, 6.07) is 13.2. The molecule has 0 spiro atoms. The molecule has 1 fully saturated rings. The minimum absolute atomic E-state index is 0.0268. The van der Waals surface area contributed by atoms with Crippen LogP contribution in [0.5, 0.6) is 0 Å². The molecule has 3 rings (SSSR count). The molecule has 2 heterocycles. The monoisotopic (exact) mass is 304 g/mol. The Kier molecular flexibility index (Phi) is 4.43. The summed E-state index contributed by atoms with van der Waals surface area (Å²) in [5.41, 5.74) is 3.11. The van der Waals surface area contributed by atoms with E-state index in [0.29, 0.717) is 11.6 Å². The van der Waals surface area contributed by atoms with Crippen LogP contribution in [0.1, 0.15) is 35.8 Å². The molecule has 1 aliphatic heterocycles. The summed E-state index contributed by atoms with van der Waals surface area (Å²) in [7, 11) is 0. The number of nitrogens with zero attached hydrogens (tertiary/aromatic N) is 2. The lowest BCUT2D eigenvalue weighted by Gasteiger charge is -2.30. The molecule has 0 aliphatic carbocycles. The first-order valence-corrected chi connectivity index (χ1v) is 8.01. The Bertz CT molecular complexity index is 735. The lowest BCUT2D eigenvalue weighted by Crippen LogP contribution is -2.38. The maximum atomic E-state index is 12.6.